The maximum Gasteiger partial charge on any atom is 0.264 e. The third-order valence-electron chi connectivity index (χ3n) is 2.73. The van der Waals surface area contributed by atoms with E-state index in [0.717, 1.165) is 16.5 Å². The Bertz CT molecular complexity index is 652. The van der Waals surface area contributed by atoms with Crippen LogP contribution in [0.3, 0.4) is 0 Å². The van der Waals surface area contributed by atoms with Gasteiger partial charge in [-0.25, -0.2) is 0 Å². The minimum absolute atomic E-state index is 0.520. The normalized spacial score (nSPS) is 10.6. The molecule has 3 rings (SSSR count). The molecular formula is C14H10NO2+. The molecule has 2 aromatic carbocycles. The van der Waals surface area contributed by atoms with E-state index in [1.54, 1.807) is 6.07 Å². The molecular weight excluding hydrogens is 214 g/mol. The molecule has 0 amide bonds. The first-order valence-corrected chi connectivity index (χ1v) is 5.34. The molecule has 0 atom stereocenters. The van der Waals surface area contributed by atoms with Gasteiger partial charge < -0.3 is 4.42 Å². The maximum atomic E-state index is 10.8. The van der Waals surface area contributed by atoms with Gasteiger partial charge in [-0.15, -0.1) is 0 Å². The lowest BCUT2D eigenvalue weighted by atomic mass is 10.1. The van der Waals surface area contributed by atoms with Crippen LogP contribution in [-0.2, 0) is 0 Å². The molecule has 0 aliphatic rings. The van der Waals surface area contributed by atoms with Crippen molar-refractivity contribution in [2.24, 2.45) is 0 Å². The molecule has 0 fully saturated rings. The number of fused-ring (bicyclic) bond motifs is 1. The fourth-order valence-electron chi connectivity index (χ4n) is 1.90. The maximum absolute atomic E-state index is 10.8. The first-order chi connectivity index (χ1) is 8.38. The molecule has 17 heavy (non-hydrogen) atoms. The molecule has 3 heteroatoms. The average molecular weight is 224 g/mol. The van der Waals surface area contributed by atoms with Crippen LogP contribution in [0.4, 0.5) is 5.69 Å². The largest absolute Gasteiger partial charge is 0.456 e. The molecule has 0 spiro atoms. The van der Waals surface area contributed by atoms with Crippen LogP contribution in [0.2, 0.25) is 0 Å². The molecule has 0 saturated carbocycles. The molecule has 3 nitrogen and oxygen atoms in total. The number of nitroso groups, excluding NO2 is 1. The summed E-state index contributed by atoms with van der Waals surface area (Å²) in [6.07, 6.45) is 0. The summed E-state index contributed by atoms with van der Waals surface area (Å²) in [6.45, 7) is 0. The van der Waals surface area contributed by atoms with E-state index in [0.29, 0.717) is 11.4 Å². The molecule has 0 unspecified atom stereocenters. The van der Waals surface area contributed by atoms with Crippen molar-refractivity contribution in [2.45, 2.75) is 0 Å². The van der Waals surface area contributed by atoms with Crippen LogP contribution in [0.25, 0.3) is 22.3 Å². The molecule has 0 aliphatic carbocycles. The van der Waals surface area contributed by atoms with E-state index in [4.69, 9.17) is 4.42 Å². The zero-order chi connectivity index (χ0) is 11.7. The highest BCUT2D eigenvalue weighted by atomic mass is 16.3. The first kappa shape index (κ1) is 9.78. The van der Waals surface area contributed by atoms with Crippen molar-refractivity contribution in [2.75, 3.05) is 0 Å². The van der Waals surface area contributed by atoms with Crippen molar-refractivity contribution >= 4 is 16.7 Å². The number of rotatable bonds is 2. The van der Waals surface area contributed by atoms with Crippen LogP contribution in [0.1, 0.15) is 0 Å². The Balaban J connectivity index is 2.23. The van der Waals surface area contributed by atoms with Crippen molar-refractivity contribution < 1.29 is 9.59 Å². The lowest BCUT2D eigenvalue weighted by Gasteiger charge is -1.93. The lowest BCUT2D eigenvalue weighted by Crippen LogP contribution is -2.56. The third kappa shape index (κ3) is 1.61. The average Bonchev–Trinajstić information content (AvgIpc) is 2.82. The standard InChI is InChI=1S/C14H9NO2/c16-15-12-7-3-2-6-11(12)14-9-10-5-1-4-8-13(10)17-14/h1-9H/p+1. The summed E-state index contributed by atoms with van der Waals surface area (Å²) in [5, 5.41) is 2.96. The predicted octanol–water partition coefficient (Wildman–Crippen LogP) is 2.58. The Labute approximate surface area is 97.7 Å². The van der Waals surface area contributed by atoms with E-state index in [9.17, 15) is 4.91 Å². The van der Waals surface area contributed by atoms with Gasteiger partial charge in [-0.2, -0.15) is 0 Å². The Morgan fingerprint density at radius 1 is 0.941 bits per heavy atom. The summed E-state index contributed by atoms with van der Waals surface area (Å²) in [4.78, 5) is 10.8. The number of hydrogen-bond donors (Lipinski definition) is 1. The smallest absolute Gasteiger partial charge is 0.264 e. The Morgan fingerprint density at radius 2 is 1.71 bits per heavy atom. The molecule has 1 N–H and O–H groups in total. The second kappa shape index (κ2) is 3.87. The number of benzene rings is 2. The Morgan fingerprint density at radius 3 is 2.53 bits per heavy atom. The summed E-state index contributed by atoms with van der Waals surface area (Å²) < 4.78 is 5.72. The van der Waals surface area contributed by atoms with Crippen molar-refractivity contribution in [3.8, 4) is 11.3 Å². The second-order valence-electron chi connectivity index (χ2n) is 3.80. The van der Waals surface area contributed by atoms with Crippen LogP contribution in [0, 0.1) is 4.91 Å². The van der Waals surface area contributed by atoms with Gasteiger partial charge >= 0.3 is 0 Å². The minimum atomic E-state index is 0.520. The Hall–Kier alpha value is -2.42. The topological polar surface area (TPSA) is 44.2 Å². The van der Waals surface area contributed by atoms with Crippen molar-refractivity contribution in [3.05, 3.63) is 59.5 Å². The number of hydrogen-bond acceptors (Lipinski definition) is 2. The zero-order valence-electron chi connectivity index (χ0n) is 9.01. The Kier molecular flexibility index (Phi) is 2.22. The van der Waals surface area contributed by atoms with Crippen molar-refractivity contribution in [1.82, 2.24) is 0 Å². The summed E-state index contributed by atoms with van der Waals surface area (Å²) in [5.74, 6) is 0.699. The number of para-hydroxylation sites is 2. The van der Waals surface area contributed by atoms with E-state index in [2.05, 4.69) is 0 Å². The molecule has 0 bridgehead atoms. The number of nitrogens with one attached hydrogen (secondary N) is 1. The van der Waals surface area contributed by atoms with Gasteiger partial charge in [-0.05, 0) is 18.2 Å². The van der Waals surface area contributed by atoms with Gasteiger partial charge in [0.25, 0.3) is 5.69 Å². The van der Waals surface area contributed by atoms with Gasteiger partial charge in [-0.3, -0.25) is 0 Å². The van der Waals surface area contributed by atoms with E-state index in [1.165, 1.54) is 0 Å². The highest BCUT2D eigenvalue weighted by molar-refractivity contribution is 5.84. The summed E-state index contributed by atoms with van der Waals surface area (Å²) >= 11 is 0. The highest BCUT2D eigenvalue weighted by Gasteiger charge is 2.13. The van der Waals surface area contributed by atoms with Gasteiger partial charge in [0, 0.05) is 21.5 Å². The summed E-state index contributed by atoms with van der Waals surface area (Å²) in [5.41, 5.74) is 2.12. The molecule has 3 aromatic rings. The highest BCUT2D eigenvalue weighted by Crippen LogP contribution is 2.30. The molecule has 0 aliphatic heterocycles. The number of furan rings is 1. The van der Waals surface area contributed by atoms with Crippen molar-refractivity contribution in [3.63, 3.8) is 0 Å². The molecule has 82 valence electrons. The van der Waals surface area contributed by atoms with Crippen molar-refractivity contribution in [1.29, 1.82) is 0 Å². The monoisotopic (exact) mass is 224 g/mol. The van der Waals surface area contributed by atoms with Crippen LogP contribution >= 0.6 is 0 Å². The van der Waals surface area contributed by atoms with Crippen LogP contribution in [0.5, 0.6) is 0 Å². The zero-order valence-corrected chi connectivity index (χ0v) is 9.01. The van der Waals surface area contributed by atoms with E-state index in [1.807, 2.05) is 53.7 Å². The van der Waals surface area contributed by atoms with E-state index in [-0.39, 0.29) is 0 Å². The van der Waals surface area contributed by atoms with Gasteiger partial charge in [0.05, 0.1) is 5.56 Å². The van der Waals surface area contributed by atoms with E-state index < -0.39 is 0 Å². The van der Waals surface area contributed by atoms with Crippen LogP contribution in [-0.4, -0.2) is 0 Å². The molecule has 0 radical (unpaired) electrons. The fraction of sp³-hybridized carbons (Fsp3) is 0. The van der Waals surface area contributed by atoms with Gasteiger partial charge in [-0.1, -0.05) is 30.3 Å². The summed E-state index contributed by atoms with van der Waals surface area (Å²) in [6, 6.07) is 17.0. The van der Waals surface area contributed by atoms with Crippen LogP contribution in [0.15, 0.2) is 59.0 Å². The second-order valence-corrected chi connectivity index (χ2v) is 3.80. The summed E-state index contributed by atoms with van der Waals surface area (Å²) in [7, 11) is 0. The lowest BCUT2D eigenvalue weighted by molar-refractivity contribution is -0.378. The fourth-order valence-corrected chi connectivity index (χ4v) is 1.90. The van der Waals surface area contributed by atoms with Crippen LogP contribution < -0.4 is 5.18 Å². The quantitative estimate of drug-likeness (QED) is 0.727. The van der Waals surface area contributed by atoms with E-state index >= 15 is 0 Å². The molecule has 0 saturated heterocycles. The van der Waals surface area contributed by atoms with Gasteiger partial charge in [0.15, 0.2) is 0 Å². The van der Waals surface area contributed by atoms with Gasteiger partial charge in [0.2, 0.25) is 0 Å². The predicted molar refractivity (Wildman–Crippen MR) is 65.6 cm³/mol. The van der Waals surface area contributed by atoms with Gasteiger partial charge in [0.1, 0.15) is 11.3 Å². The molecule has 1 aromatic heterocycles. The first-order valence-electron chi connectivity index (χ1n) is 5.34. The minimum Gasteiger partial charge on any atom is -0.456 e. The SMILES string of the molecule is O=[NH+]c1ccccc1-c1cc2ccccc2o1. The third-order valence-corrected chi connectivity index (χ3v) is 2.73. The molecule has 1 heterocycles.